The second-order valence-electron chi connectivity index (χ2n) is 5.86. The number of benzene rings is 1. The standard InChI is InChI=1S/C17H26N2O/c1-2-6-16(18)17(20)19-15-11-9-14(10-12-15)13-7-4-3-5-8-13/h3-5,7-8,14-16H,2,6,9-12,18H2,1H3,(H,19,20)/t14?,15?,16-/m1/s1. The Balaban J connectivity index is 1.78. The van der Waals surface area contributed by atoms with Gasteiger partial charge in [-0.2, -0.15) is 0 Å². The second-order valence-corrected chi connectivity index (χ2v) is 5.86. The molecular formula is C17H26N2O. The molecule has 1 amide bonds. The van der Waals surface area contributed by atoms with Crippen molar-refractivity contribution in [2.24, 2.45) is 5.73 Å². The fraction of sp³-hybridized carbons (Fsp3) is 0.588. The molecule has 1 aromatic carbocycles. The largest absolute Gasteiger partial charge is 0.352 e. The number of nitrogens with one attached hydrogen (secondary N) is 1. The Morgan fingerprint density at radius 1 is 1.25 bits per heavy atom. The van der Waals surface area contributed by atoms with Crippen LogP contribution in [-0.2, 0) is 4.79 Å². The molecule has 0 saturated heterocycles. The second kappa shape index (κ2) is 7.44. The van der Waals surface area contributed by atoms with Crippen LogP contribution in [0.2, 0.25) is 0 Å². The fourth-order valence-corrected chi connectivity index (χ4v) is 3.05. The van der Waals surface area contributed by atoms with Crippen LogP contribution in [0.1, 0.15) is 56.9 Å². The van der Waals surface area contributed by atoms with Gasteiger partial charge in [-0.1, -0.05) is 43.7 Å². The third-order valence-electron chi connectivity index (χ3n) is 4.28. The maximum absolute atomic E-state index is 11.9. The Hall–Kier alpha value is -1.35. The highest BCUT2D eigenvalue weighted by molar-refractivity contribution is 5.81. The first-order valence-electron chi connectivity index (χ1n) is 7.81. The summed E-state index contributed by atoms with van der Waals surface area (Å²) in [6, 6.07) is 10.7. The highest BCUT2D eigenvalue weighted by Gasteiger charge is 2.24. The zero-order valence-electron chi connectivity index (χ0n) is 12.3. The third kappa shape index (κ3) is 4.07. The van der Waals surface area contributed by atoms with Gasteiger partial charge in [0.25, 0.3) is 0 Å². The first-order valence-corrected chi connectivity index (χ1v) is 7.81. The van der Waals surface area contributed by atoms with E-state index in [4.69, 9.17) is 5.73 Å². The zero-order chi connectivity index (χ0) is 14.4. The number of carbonyl (C=O) groups excluding carboxylic acids is 1. The van der Waals surface area contributed by atoms with E-state index in [1.54, 1.807) is 0 Å². The third-order valence-corrected chi connectivity index (χ3v) is 4.28. The van der Waals surface area contributed by atoms with E-state index in [0.29, 0.717) is 12.0 Å². The van der Waals surface area contributed by atoms with E-state index in [1.807, 2.05) is 0 Å². The summed E-state index contributed by atoms with van der Waals surface area (Å²) in [4.78, 5) is 11.9. The van der Waals surface area contributed by atoms with Crippen molar-refractivity contribution in [3.05, 3.63) is 35.9 Å². The van der Waals surface area contributed by atoms with E-state index in [1.165, 1.54) is 5.56 Å². The van der Waals surface area contributed by atoms with Gasteiger partial charge in [0.2, 0.25) is 5.91 Å². The average Bonchev–Trinajstić information content (AvgIpc) is 2.49. The monoisotopic (exact) mass is 274 g/mol. The Morgan fingerprint density at radius 3 is 2.50 bits per heavy atom. The summed E-state index contributed by atoms with van der Waals surface area (Å²) in [7, 11) is 0. The van der Waals surface area contributed by atoms with E-state index in [9.17, 15) is 4.79 Å². The van der Waals surface area contributed by atoms with Crippen molar-refractivity contribution >= 4 is 5.91 Å². The molecule has 20 heavy (non-hydrogen) atoms. The van der Waals surface area contributed by atoms with Gasteiger partial charge in [-0.05, 0) is 43.6 Å². The van der Waals surface area contributed by atoms with Crippen LogP contribution in [0.15, 0.2) is 30.3 Å². The molecule has 1 fully saturated rings. The summed E-state index contributed by atoms with van der Waals surface area (Å²) < 4.78 is 0. The van der Waals surface area contributed by atoms with Gasteiger partial charge in [0, 0.05) is 6.04 Å². The van der Waals surface area contributed by atoms with Crippen LogP contribution in [0.25, 0.3) is 0 Å². The number of rotatable bonds is 5. The minimum atomic E-state index is -0.341. The molecule has 1 atom stereocenters. The van der Waals surface area contributed by atoms with Gasteiger partial charge < -0.3 is 11.1 Å². The fourth-order valence-electron chi connectivity index (χ4n) is 3.05. The number of amides is 1. The topological polar surface area (TPSA) is 55.1 Å². The maximum atomic E-state index is 11.9. The van der Waals surface area contributed by atoms with Crippen LogP contribution in [0.3, 0.4) is 0 Å². The van der Waals surface area contributed by atoms with Crippen molar-refractivity contribution < 1.29 is 4.79 Å². The summed E-state index contributed by atoms with van der Waals surface area (Å²) in [5, 5.41) is 3.11. The highest BCUT2D eigenvalue weighted by atomic mass is 16.2. The van der Waals surface area contributed by atoms with E-state index in [-0.39, 0.29) is 11.9 Å². The molecule has 110 valence electrons. The normalized spacial score (nSPS) is 24.1. The van der Waals surface area contributed by atoms with Crippen LogP contribution in [0.4, 0.5) is 0 Å². The molecule has 0 spiro atoms. The van der Waals surface area contributed by atoms with E-state index in [0.717, 1.165) is 38.5 Å². The van der Waals surface area contributed by atoms with Crippen molar-refractivity contribution in [2.75, 3.05) is 0 Å². The van der Waals surface area contributed by atoms with Gasteiger partial charge in [0.05, 0.1) is 6.04 Å². The van der Waals surface area contributed by atoms with Crippen molar-refractivity contribution in [3.8, 4) is 0 Å². The lowest BCUT2D eigenvalue weighted by molar-refractivity contribution is -0.123. The lowest BCUT2D eigenvalue weighted by Gasteiger charge is -2.30. The Labute approximate surface area is 121 Å². The summed E-state index contributed by atoms with van der Waals surface area (Å²) in [6.45, 7) is 2.05. The number of hydrogen-bond acceptors (Lipinski definition) is 2. The smallest absolute Gasteiger partial charge is 0.237 e. The molecule has 0 unspecified atom stereocenters. The molecule has 1 saturated carbocycles. The highest BCUT2D eigenvalue weighted by Crippen LogP contribution is 2.32. The van der Waals surface area contributed by atoms with Crippen LogP contribution in [0, 0.1) is 0 Å². The average molecular weight is 274 g/mol. The van der Waals surface area contributed by atoms with Gasteiger partial charge in [0.1, 0.15) is 0 Å². The van der Waals surface area contributed by atoms with Crippen molar-refractivity contribution in [1.82, 2.24) is 5.32 Å². The van der Waals surface area contributed by atoms with Gasteiger partial charge in [-0.15, -0.1) is 0 Å². The molecule has 0 radical (unpaired) electrons. The molecule has 1 aromatic rings. The molecule has 2 rings (SSSR count). The zero-order valence-corrected chi connectivity index (χ0v) is 12.3. The van der Waals surface area contributed by atoms with Gasteiger partial charge in [-0.25, -0.2) is 0 Å². The minimum Gasteiger partial charge on any atom is -0.352 e. The van der Waals surface area contributed by atoms with Crippen LogP contribution >= 0.6 is 0 Å². The lowest BCUT2D eigenvalue weighted by Crippen LogP contribution is -2.46. The van der Waals surface area contributed by atoms with Crippen LogP contribution in [-0.4, -0.2) is 18.0 Å². The van der Waals surface area contributed by atoms with Gasteiger partial charge in [-0.3, -0.25) is 4.79 Å². The summed E-state index contributed by atoms with van der Waals surface area (Å²) >= 11 is 0. The molecule has 0 aromatic heterocycles. The van der Waals surface area contributed by atoms with E-state index >= 15 is 0 Å². The molecular weight excluding hydrogens is 248 g/mol. The molecule has 0 heterocycles. The molecule has 3 heteroatoms. The predicted molar refractivity (Wildman–Crippen MR) is 82.5 cm³/mol. The lowest BCUT2D eigenvalue weighted by atomic mass is 9.81. The number of hydrogen-bond donors (Lipinski definition) is 2. The van der Waals surface area contributed by atoms with Crippen LogP contribution in [0.5, 0.6) is 0 Å². The molecule has 3 nitrogen and oxygen atoms in total. The first-order chi connectivity index (χ1) is 9.70. The van der Waals surface area contributed by atoms with Crippen molar-refractivity contribution in [3.63, 3.8) is 0 Å². The van der Waals surface area contributed by atoms with Crippen molar-refractivity contribution in [1.29, 1.82) is 0 Å². The summed E-state index contributed by atoms with van der Waals surface area (Å²) in [6.07, 6.45) is 6.14. The molecule has 3 N–H and O–H groups in total. The summed E-state index contributed by atoms with van der Waals surface area (Å²) in [5.74, 6) is 0.670. The van der Waals surface area contributed by atoms with Gasteiger partial charge in [0.15, 0.2) is 0 Å². The van der Waals surface area contributed by atoms with E-state index < -0.39 is 0 Å². The first kappa shape index (κ1) is 15.0. The SMILES string of the molecule is CCC[C@@H](N)C(=O)NC1CCC(c2ccccc2)CC1. The Bertz CT molecular complexity index is 410. The predicted octanol–water partition coefficient (Wildman–Crippen LogP) is 2.96. The van der Waals surface area contributed by atoms with E-state index in [2.05, 4.69) is 42.6 Å². The Kier molecular flexibility index (Phi) is 5.60. The molecule has 0 aliphatic heterocycles. The number of nitrogens with two attached hydrogens (primary N) is 1. The summed E-state index contributed by atoms with van der Waals surface area (Å²) in [5.41, 5.74) is 7.28. The molecule has 1 aliphatic rings. The number of carbonyl (C=O) groups is 1. The minimum absolute atomic E-state index is 0.0232. The maximum Gasteiger partial charge on any atom is 0.237 e. The molecule has 0 bridgehead atoms. The van der Waals surface area contributed by atoms with Gasteiger partial charge >= 0.3 is 0 Å². The van der Waals surface area contributed by atoms with Crippen molar-refractivity contribution in [2.45, 2.75) is 63.5 Å². The Morgan fingerprint density at radius 2 is 1.90 bits per heavy atom. The molecule has 1 aliphatic carbocycles. The quantitative estimate of drug-likeness (QED) is 0.867. The van der Waals surface area contributed by atoms with Crippen LogP contribution < -0.4 is 11.1 Å².